The van der Waals surface area contributed by atoms with Crippen LogP contribution in [0.25, 0.3) is 0 Å². The van der Waals surface area contributed by atoms with Gasteiger partial charge in [-0.25, -0.2) is 4.79 Å². The maximum atomic E-state index is 13.4. The van der Waals surface area contributed by atoms with E-state index < -0.39 is 35.1 Å². The van der Waals surface area contributed by atoms with Gasteiger partial charge in [0.15, 0.2) is 0 Å². The second-order valence-electron chi connectivity index (χ2n) is 8.83. The fourth-order valence-corrected chi connectivity index (χ4v) is 4.25. The Hall–Kier alpha value is -2.05. The van der Waals surface area contributed by atoms with Crippen LogP contribution in [0.15, 0.2) is 12.7 Å². The maximum Gasteiger partial charge on any atom is 0.408 e. The van der Waals surface area contributed by atoms with Crippen molar-refractivity contribution in [2.24, 2.45) is 17.1 Å². The standard InChI is InChI=1S/C19H29N3O4/c1-5-19(7-6-8-19)14(21-17(25)26-18(2,3)4)16(24)22-12-9-11(12)10-13(22)15(20)23/h5,11-14H,1,6-10H2,2-4H3,(H2,20,23)(H,21,25)/t11-,12-,13-,14?/m0/s1. The molecule has 1 heterocycles. The van der Waals surface area contributed by atoms with Crippen LogP contribution >= 0.6 is 0 Å². The van der Waals surface area contributed by atoms with Gasteiger partial charge < -0.3 is 20.7 Å². The predicted octanol–water partition coefficient (Wildman–Crippen LogP) is 1.71. The first kappa shape index (κ1) is 18.7. The van der Waals surface area contributed by atoms with E-state index >= 15 is 0 Å². The molecule has 1 saturated heterocycles. The molecule has 0 radical (unpaired) electrons. The molecule has 3 N–H and O–H groups in total. The number of rotatable bonds is 5. The molecule has 26 heavy (non-hydrogen) atoms. The third-order valence-corrected chi connectivity index (χ3v) is 5.86. The Morgan fingerprint density at radius 1 is 1.31 bits per heavy atom. The van der Waals surface area contributed by atoms with Crippen molar-refractivity contribution in [2.75, 3.05) is 0 Å². The lowest BCUT2D eigenvalue weighted by molar-refractivity contribution is -0.143. The highest BCUT2D eigenvalue weighted by Gasteiger charge is 2.59. The summed E-state index contributed by atoms with van der Waals surface area (Å²) in [7, 11) is 0. The molecule has 1 unspecified atom stereocenters. The summed E-state index contributed by atoms with van der Waals surface area (Å²) in [6, 6.07) is -1.31. The number of primary amides is 1. The van der Waals surface area contributed by atoms with Gasteiger partial charge in [-0.1, -0.05) is 12.5 Å². The highest BCUT2D eigenvalue weighted by molar-refractivity contribution is 5.93. The molecular weight excluding hydrogens is 334 g/mol. The molecule has 3 rings (SSSR count). The van der Waals surface area contributed by atoms with E-state index in [0.717, 1.165) is 25.7 Å². The van der Waals surface area contributed by atoms with Crippen LogP contribution in [0.5, 0.6) is 0 Å². The van der Waals surface area contributed by atoms with E-state index in [2.05, 4.69) is 11.9 Å². The van der Waals surface area contributed by atoms with Crippen molar-refractivity contribution in [3.05, 3.63) is 12.7 Å². The maximum absolute atomic E-state index is 13.4. The van der Waals surface area contributed by atoms with E-state index in [0.29, 0.717) is 12.3 Å². The third-order valence-electron chi connectivity index (χ3n) is 5.86. The minimum Gasteiger partial charge on any atom is -0.444 e. The fourth-order valence-electron chi connectivity index (χ4n) is 4.25. The Bertz CT molecular complexity index is 635. The number of nitrogens with two attached hydrogens (primary N) is 1. The Morgan fingerprint density at radius 3 is 2.42 bits per heavy atom. The number of ether oxygens (including phenoxy) is 1. The lowest BCUT2D eigenvalue weighted by Gasteiger charge is -2.46. The smallest absolute Gasteiger partial charge is 0.408 e. The molecule has 3 amide bonds. The van der Waals surface area contributed by atoms with Gasteiger partial charge in [-0.3, -0.25) is 9.59 Å². The van der Waals surface area contributed by atoms with Crippen LogP contribution in [0.3, 0.4) is 0 Å². The van der Waals surface area contributed by atoms with E-state index in [1.807, 2.05) is 0 Å². The molecule has 0 aromatic carbocycles. The molecule has 144 valence electrons. The largest absolute Gasteiger partial charge is 0.444 e. The van der Waals surface area contributed by atoms with Crippen LogP contribution in [0, 0.1) is 11.3 Å². The van der Waals surface area contributed by atoms with E-state index in [1.54, 1.807) is 31.7 Å². The van der Waals surface area contributed by atoms with Crippen molar-refractivity contribution in [3.8, 4) is 0 Å². The summed E-state index contributed by atoms with van der Waals surface area (Å²) >= 11 is 0. The first-order valence-corrected chi connectivity index (χ1v) is 9.32. The summed E-state index contributed by atoms with van der Waals surface area (Å²) < 4.78 is 5.35. The van der Waals surface area contributed by atoms with Crippen molar-refractivity contribution in [3.63, 3.8) is 0 Å². The SMILES string of the molecule is C=CC1(C(NC(=O)OC(C)(C)C)C(=O)N2[C@H](C(N)=O)C[C@@H]3C[C@@H]32)CCC1. The monoisotopic (exact) mass is 363 g/mol. The van der Waals surface area contributed by atoms with Gasteiger partial charge in [0.05, 0.1) is 0 Å². The number of amides is 3. The van der Waals surface area contributed by atoms with Gasteiger partial charge >= 0.3 is 6.09 Å². The van der Waals surface area contributed by atoms with Crippen LogP contribution in [0.2, 0.25) is 0 Å². The van der Waals surface area contributed by atoms with Crippen LogP contribution in [-0.2, 0) is 14.3 Å². The summed E-state index contributed by atoms with van der Waals surface area (Å²) in [5.41, 5.74) is 4.36. The highest BCUT2D eigenvalue weighted by atomic mass is 16.6. The van der Waals surface area contributed by atoms with Crippen molar-refractivity contribution in [1.82, 2.24) is 10.2 Å². The number of hydrogen-bond donors (Lipinski definition) is 2. The summed E-state index contributed by atoms with van der Waals surface area (Å²) in [5.74, 6) is -0.383. The summed E-state index contributed by atoms with van der Waals surface area (Å²) in [4.78, 5) is 39.2. The first-order chi connectivity index (χ1) is 12.1. The number of piperidine rings is 1. The number of hydrogen-bond acceptors (Lipinski definition) is 4. The average Bonchev–Trinajstić information content (AvgIpc) is 3.13. The van der Waals surface area contributed by atoms with Crippen molar-refractivity contribution >= 4 is 17.9 Å². The third kappa shape index (κ3) is 3.31. The van der Waals surface area contributed by atoms with Gasteiger partial charge in [0, 0.05) is 11.5 Å². The zero-order valence-electron chi connectivity index (χ0n) is 15.8. The molecular formula is C19H29N3O4. The Labute approximate surface area is 154 Å². The van der Waals surface area contributed by atoms with Crippen molar-refractivity contribution in [2.45, 2.75) is 76.6 Å². The molecule has 7 nitrogen and oxygen atoms in total. The molecule has 0 bridgehead atoms. The molecule has 2 aliphatic carbocycles. The summed E-state index contributed by atoms with van der Waals surface area (Å²) in [6.07, 6.45) is 5.15. The van der Waals surface area contributed by atoms with Crippen molar-refractivity contribution in [1.29, 1.82) is 0 Å². The van der Waals surface area contributed by atoms with E-state index in [9.17, 15) is 14.4 Å². The van der Waals surface area contributed by atoms with Crippen LogP contribution < -0.4 is 11.1 Å². The van der Waals surface area contributed by atoms with Crippen LogP contribution in [-0.4, -0.2) is 46.5 Å². The topological polar surface area (TPSA) is 102 Å². The number of nitrogens with zero attached hydrogens (tertiary/aromatic N) is 1. The quantitative estimate of drug-likeness (QED) is 0.726. The number of nitrogens with one attached hydrogen (secondary N) is 1. The first-order valence-electron chi connectivity index (χ1n) is 9.32. The summed E-state index contributed by atoms with van der Waals surface area (Å²) in [5, 5.41) is 2.77. The lowest BCUT2D eigenvalue weighted by Crippen LogP contribution is -2.61. The second-order valence-corrected chi connectivity index (χ2v) is 8.83. The Balaban J connectivity index is 1.83. The van der Waals surface area contributed by atoms with Gasteiger partial charge in [0.25, 0.3) is 0 Å². The molecule has 0 spiro atoms. The fraction of sp³-hybridized carbons (Fsp3) is 0.737. The van der Waals surface area contributed by atoms with E-state index in [4.69, 9.17) is 10.5 Å². The molecule has 4 atom stereocenters. The zero-order chi connectivity index (χ0) is 19.3. The molecule has 7 heteroatoms. The van der Waals surface area contributed by atoms with Gasteiger partial charge in [0.1, 0.15) is 17.7 Å². The Kier molecular flexibility index (Phi) is 4.53. The predicted molar refractivity (Wildman–Crippen MR) is 96.0 cm³/mol. The minimum atomic E-state index is -0.787. The number of carbonyl (C=O) groups excluding carboxylic acids is 3. The molecule has 0 aromatic rings. The Morgan fingerprint density at radius 2 is 1.96 bits per heavy atom. The zero-order valence-corrected chi connectivity index (χ0v) is 15.8. The number of fused-ring (bicyclic) bond motifs is 1. The minimum absolute atomic E-state index is 0.0601. The molecule has 2 saturated carbocycles. The van der Waals surface area contributed by atoms with Gasteiger partial charge in [-0.05, 0) is 52.4 Å². The summed E-state index contributed by atoms with van der Waals surface area (Å²) in [6.45, 7) is 9.21. The van der Waals surface area contributed by atoms with Crippen LogP contribution in [0.1, 0.15) is 52.9 Å². The van der Waals surface area contributed by atoms with Gasteiger partial charge in [-0.15, -0.1) is 6.58 Å². The molecule has 1 aliphatic heterocycles. The molecule has 3 aliphatic rings. The molecule has 0 aromatic heterocycles. The normalized spacial score (nSPS) is 29.8. The second kappa shape index (κ2) is 6.28. The van der Waals surface area contributed by atoms with Crippen LogP contribution in [0.4, 0.5) is 4.79 Å². The van der Waals surface area contributed by atoms with E-state index in [1.165, 1.54) is 0 Å². The average molecular weight is 363 g/mol. The number of likely N-dealkylation sites (tertiary alicyclic amines) is 1. The lowest BCUT2D eigenvalue weighted by atomic mass is 9.63. The van der Waals surface area contributed by atoms with Gasteiger partial charge in [0.2, 0.25) is 11.8 Å². The van der Waals surface area contributed by atoms with Crippen molar-refractivity contribution < 1.29 is 19.1 Å². The number of alkyl carbamates (subject to hydrolysis) is 1. The van der Waals surface area contributed by atoms with E-state index in [-0.39, 0.29) is 11.9 Å². The molecule has 3 fully saturated rings. The highest BCUT2D eigenvalue weighted by Crippen LogP contribution is 2.51. The number of carbonyl (C=O) groups is 3. The van der Waals surface area contributed by atoms with Gasteiger partial charge in [-0.2, -0.15) is 0 Å².